The molecule has 0 bridgehead atoms. The van der Waals surface area contributed by atoms with E-state index < -0.39 is 5.60 Å². The summed E-state index contributed by atoms with van der Waals surface area (Å²) < 4.78 is 5.89. The fraction of sp³-hybridized carbons (Fsp3) is 0.750. The van der Waals surface area contributed by atoms with Gasteiger partial charge in [0.2, 0.25) is 0 Å². The molecule has 0 aromatic heterocycles. The summed E-state index contributed by atoms with van der Waals surface area (Å²) in [6.45, 7) is 8.41. The Balaban J connectivity index is 2.48. The maximum absolute atomic E-state index is 12.4. The van der Waals surface area contributed by atoms with Crippen LogP contribution in [-0.4, -0.2) is 40.9 Å². The molecule has 1 saturated heterocycles. The van der Waals surface area contributed by atoms with E-state index in [-0.39, 0.29) is 24.4 Å². The van der Waals surface area contributed by atoms with E-state index in [0.717, 1.165) is 18.4 Å². The molecule has 1 aliphatic rings. The molecule has 4 nitrogen and oxygen atoms in total. The molecule has 0 radical (unpaired) electrons. The normalized spacial score (nSPS) is 26.1. The van der Waals surface area contributed by atoms with Crippen LogP contribution in [0.5, 0.6) is 0 Å². The summed E-state index contributed by atoms with van der Waals surface area (Å²) in [6.07, 6.45) is 7.71. The van der Waals surface area contributed by atoms with Gasteiger partial charge in [0, 0.05) is 6.42 Å². The molecule has 24 heavy (non-hydrogen) atoms. The fourth-order valence-corrected chi connectivity index (χ4v) is 2.99. The van der Waals surface area contributed by atoms with Crippen LogP contribution < -0.4 is 0 Å². The third-order valence-electron chi connectivity index (χ3n) is 4.96. The molecule has 138 valence electrons. The molecule has 0 amide bonds. The number of ether oxygens (including phenoxy) is 1. The first-order valence-corrected chi connectivity index (χ1v) is 9.06. The van der Waals surface area contributed by atoms with Crippen LogP contribution in [0.1, 0.15) is 66.2 Å². The number of hydrogen-bond donors (Lipinski definition) is 2. The summed E-state index contributed by atoms with van der Waals surface area (Å²) in [4.78, 5) is 12.4. The van der Waals surface area contributed by atoms with Crippen molar-refractivity contribution in [3.8, 4) is 0 Å². The number of carbonyl (C=O) groups is 1. The lowest BCUT2D eigenvalue weighted by atomic mass is 9.88. The first-order valence-electron chi connectivity index (χ1n) is 9.06. The van der Waals surface area contributed by atoms with Gasteiger partial charge in [-0.1, -0.05) is 24.6 Å². The second-order valence-corrected chi connectivity index (χ2v) is 7.44. The maximum Gasteiger partial charge on any atom is 0.164 e. The number of Topliss-reactive ketones (excluding diaryl/α,β-unsaturated/α-hetero) is 1. The van der Waals surface area contributed by atoms with Gasteiger partial charge in [-0.25, -0.2) is 0 Å². The van der Waals surface area contributed by atoms with Gasteiger partial charge in [0.05, 0.1) is 19.3 Å². The van der Waals surface area contributed by atoms with Crippen LogP contribution >= 0.6 is 0 Å². The van der Waals surface area contributed by atoms with Crippen LogP contribution in [-0.2, 0) is 9.53 Å². The molecule has 4 heteroatoms. The highest BCUT2D eigenvalue weighted by atomic mass is 16.5. The molecule has 0 saturated carbocycles. The largest absolute Gasteiger partial charge is 0.393 e. The predicted octanol–water partition coefficient (Wildman–Crippen LogP) is 3.57. The minimum absolute atomic E-state index is 0.00924. The van der Waals surface area contributed by atoms with Gasteiger partial charge in [-0.2, -0.15) is 0 Å². The van der Waals surface area contributed by atoms with Crippen molar-refractivity contribution < 1.29 is 19.7 Å². The van der Waals surface area contributed by atoms with E-state index in [9.17, 15) is 9.90 Å². The lowest BCUT2D eigenvalue weighted by Crippen LogP contribution is -2.37. The van der Waals surface area contributed by atoms with Crippen molar-refractivity contribution >= 4 is 5.78 Å². The second-order valence-electron chi connectivity index (χ2n) is 7.44. The summed E-state index contributed by atoms with van der Waals surface area (Å²) in [7, 11) is 0. The first kappa shape index (κ1) is 21.1. The lowest BCUT2D eigenvalue weighted by molar-refractivity contribution is -0.140. The van der Waals surface area contributed by atoms with Crippen molar-refractivity contribution in [2.24, 2.45) is 5.92 Å². The SMILES string of the molecule is CC(C)=CCC(O)C(C)CCC[C@]1(C)OC/C(=C/CO)CCC1=O. The third kappa shape index (κ3) is 6.88. The Morgan fingerprint density at radius 1 is 1.38 bits per heavy atom. The maximum atomic E-state index is 12.4. The average molecular weight is 338 g/mol. The molecule has 1 heterocycles. The number of ketones is 1. The monoisotopic (exact) mass is 338 g/mol. The van der Waals surface area contributed by atoms with Crippen molar-refractivity contribution in [2.75, 3.05) is 13.2 Å². The molecular weight excluding hydrogens is 304 g/mol. The van der Waals surface area contributed by atoms with E-state index in [0.29, 0.717) is 32.3 Å². The Hall–Kier alpha value is -0.970. The molecule has 2 unspecified atom stereocenters. The molecule has 3 atom stereocenters. The molecule has 0 spiro atoms. The van der Waals surface area contributed by atoms with Crippen molar-refractivity contribution in [2.45, 2.75) is 77.9 Å². The van der Waals surface area contributed by atoms with Crippen LogP contribution in [0.2, 0.25) is 0 Å². The predicted molar refractivity (Wildman–Crippen MR) is 96.8 cm³/mol. The Morgan fingerprint density at radius 2 is 2.08 bits per heavy atom. The Kier molecular flexibility index (Phi) is 8.88. The van der Waals surface area contributed by atoms with Crippen molar-refractivity contribution in [3.63, 3.8) is 0 Å². The molecule has 0 aliphatic carbocycles. The number of rotatable bonds is 8. The summed E-state index contributed by atoms with van der Waals surface area (Å²) in [5.74, 6) is 0.344. The van der Waals surface area contributed by atoms with E-state index in [1.54, 1.807) is 6.08 Å². The molecule has 1 aliphatic heterocycles. The Morgan fingerprint density at radius 3 is 2.71 bits per heavy atom. The van der Waals surface area contributed by atoms with Gasteiger partial charge in [0.15, 0.2) is 5.78 Å². The number of aliphatic hydroxyl groups is 2. The van der Waals surface area contributed by atoms with E-state index in [4.69, 9.17) is 9.84 Å². The number of allylic oxidation sites excluding steroid dienone is 1. The highest BCUT2D eigenvalue weighted by molar-refractivity contribution is 5.87. The van der Waals surface area contributed by atoms with Crippen LogP contribution in [0.4, 0.5) is 0 Å². The highest BCUT2D eigenvalue weighted by Crippen LogP contribution is 2.29. The van der Waals surface area contributed by atoms with Gasteiger partial charge in [-0.3, -0.25) is 4.79 Å². The standard InChI is InChI=1S/C20H34O4/c1-15(2)7-9-18(22)16(3)6-5-12-20(4)19(23)10-8-17(11-13-21)14-24-20/h7,11,16,18,21-22H,5-6,8-10,12-14H2,1-4H3/b17-11+/t16?,18?,20-/m0/s1. The van der Waals surface area contributed by atoms with Crippen LogP contribution in [0.25, 0.3) is 0 Å². The second kappa shape index (κ2) is 10.1. The Labute approximate surface area is 146 Å². The van der Waals surface area contributed by atoms with E-state index in [1.165, 1.54) is 5.57 Å². The summed E-state index contributed by atoms with van der Waals surface area (Å²) >= 11 is 0. The van der Waals surface area contributed by atoms with Gasteiger partial charge in [0.1, 0.15) is 5.60 Å². The van der Waals surface area contributed by atoms with E-state index in [2.05, 4.69) is 13.0 Å². The van der Waals surface area contributed by atoms with Gasteiger partial charge >= 0.3 is 0 Å². The van der Waals surface area contributed by atoms with Crippen molar-refractivity contribution in [1.82, 2.24) is 0 Å². The minimum Gasteiger partial charge on any atom is -0.393 e. The smallest absolute Gasteiger partial charge is 0.164 e. The molecule has 0 aromatic carbocycles. The zero-order chi connectivity index (χ0) is 18.2. The van der Waals surface area contributed by atoms with Crippen molar-refractivity contribution in [1.29, 1.82) is 0 Å². The molecule has 1 fully saturated rings. The molecule has 1 rings (SSSR count). The Bertz CT molecular complexity index is 462. The van der Waals surface area contributed by atoms with Gasteiger partial charge in [0.25, 0.3) is 0 Å². The molecular formula is C20H34O4. The number of hydrogen-bond acceptors (Lipinski definition) is 4. The van der Waals surface area contributed by atoms with Gasteiger partial charge in [-0.05, 0) is 64.4 Å². The van der Waals surface area contributed by atoms with Crippen LogP contribution in [0.3, 0.4) is 0 Å². The first-order chi connectivity index (χ1) is 11.3. The van der Waals surface area contributed by atoms with E-state index in [1.807, 2.05) is 20.8 Å². The van der Waals surface area contributed by atoms with Crippen LogP contribution in [0.15, 0.2) is 23.3 Å². The summed E-state index contributed by atoms with van der Waals surface area (Å²) in [5, 5.41) is 19.2. The van der Waals surface area contributed by atoms with Crippen LogP contribution in [0, 0.1) is 5.92 Å². The highest BCUT2D eigenvalue weighted by Gasteiger charge is 2.35. The third-order valence-corrected chi connectivity index (χ3v) is 4.96. The number of carbonyl (C=O) groups excluding carboxylic acids is 1. The summed E-state index contributed by atoms with van der Waals surface area (Å²) in [6, 6.07) is 0. The van der Waals surface area contributed by atoms with Crippen molar-refractivity contribution in [3.05, 3.63) is 23.3 Å². The minimum atomic E-state index is -0.740. The fourth-order valence-electron chi connectivity index (χ4n) is 2.99. The van der Waals surface area contributed by atoms with Gasteiger partial charge < -0.3 is 14.9 Å². The summed E-state index contributed by atoms with van der Waals surface area (Å²) in [5.41, 5.74) is 1.48. The average Bonchev–Trinajstić information content (AvgIpc) is 2.66. The van der Waals surface area contributed by atoms with Gasteiger partial charge in [-0.15, -0.1) is 0 Å². The quantitative estimate of drug-likeness (QED) is 0.664. The molecule has 0 aromatic rings. The zero-order valence-corrected chi connectivity index (χ0v) is 15.7. The molecule has 2 N–H and O–H groups in total. The zero-order valence-electron chi connectivity index (χ0n) is 15.7. The number of aliphatic hydroxyl groups excluding tert-OH is 2. The lowest BCUT2D eigenvalue weighted by Gasteiger charge is -2.27. The topological polar surface area (TPSA) is 66.8 Å². The van der Waals surface area contributed by atoms with E-state index >= 15 is 0 Å².